The molecule has 0 amide bonds. The van der Waals surface area contributed by atoms with E-state index in [1.807, 2.05) is 13.8 Å². The van der Waals surface area contributed by atoms with E-state index < -0.39 is 10.0 Å². The molecule has 0 radical (unpaired) electrons. The quantitative estimate of drug-likeness (QED) is 0.855. The second kappa shape index (κ2) is 5.28. The average molecular weight is 312 g/mol. The molecule has 0 saturated carbocycles. The van der Waals surface area contributed by atoms with Crippen molar-refractivity contribution in [1.82, 2.24) is 9.46 Å². The summed E-state index contributed by atoms with van der Waals surface area (Å²) in [6.45, 7) is 5.12. The Balaban J connectivity index is 1.92. The number of hydrogen-bond acceptors (Lipinski definition) is 6. The van der Waals surface area contributed by atoms with Crippen molar-refractivity contribution >= 4 is 10.0 Å². The summed E-state index contributed by atoms with van der Waals surface area (Å²) in [5, 5.41) is 3.75. The van der Waals surface area contributed by atoms with Gasteiger partial charge >= 0.3 is 0 Å². The van der Waals surface area contributed by atoms with E-state index in [2.05, 4.69) is 5.16 Å². The van der Waals surface area contributed by atoms with Crippen LogP contribution in [0, 0.1) is 13.8 Å². The maximum absolute atomic E-state index is 12.5. The lowest BCUT2D eigenvalue weighted by Crippen LogP contribution is -2.40. The van der Waals surface area contributed by atoms with Gasteiger partial charge in [0.25, 0.3) is 10.0 Å². The Hall–Kier alpha value is -1.64. The van der Waals surface area contributed by atoms with Crippen molar-refractivity contribution in [2.45, 2.75) is 18.9 Å². The van der Waals surface area contributed by atoms with Crippen LogP contribution in [0.15, 0.2) is 26.2 Å². The Kier molecular flexibility index (Phi) is 3.60. The third-order valence-electron chi connectivity index (χ3n) is 3.53. The summed E-state index contributed by atoms with van der Waals surface area (Å²) < 4.78 is 42.1. The highest BCUT2D eigenvalue weighted by molar-refractivity contribution is 7.89. The lowest BCUT2D eigenvalue weighted by Gasteiger charge is -2.24. The number of ether oxygens (including phenoxy) is 1. The minimum atomic E-state index is -3.63. The Morgan fingerprint density at radius 3 is 2.52 bits per heavy atom. The Morgan fingerprint density at radius 1 is 1.19 bits per heavy atom. The van der Waals surface area contributed by atoms with Gasteiger partial charge in [-0.15, -0.1) is 0 Å². The number of hydrogen-bond donors (Lipinski definition) is 0. The summed E-state index contributed by atoms with van der Waals surface area (Å²) in [5.74, 6) is 0.816. The number of rotatable bonds is 3. The molecule has 0 bridgehead atoms. The summed E-state index contributed by atoms with van der Waals surface area (Å²) in [4.78, 5) is 0. The highest BCUT2D eigenvalue weighted by atomic mass is 32.2. The topological polar surface area (TPSA) is 85.8 Å². The third-order valence-corrected chi connectivity index (χ3v) is 5.30. The van der Waals surface area contributed by atoms with Crippen molar-refractivity contribution in [1.29, 1.82) is 0 Å². The third kappa shape index (κ3) is 2.50. The summed E-state index contributed by atoms with van der Waals surface area (Å²) in [6, 6.07) is 3.03. The summed E-state index contributed by atoms with van der Waals surface area (Å²) in [6.07, 6.45) is 0. The summed E-state index contributed by atoms with van der Waals surface area (Å²) in [5.41, 5.74) is 1.58. The molecule has 0 spiro atoms. The standard InChI is InChI=1S/C13H16N2O5S/c1-9-10(2)14-20-13(9)11-3-4-12(19-11)21(16,17)15-5-7-18-8-6-15/h3-4H,5-8H2,1-2H3. The van der Waals surface area contributed by atoms with Crippen molar-refractivity contribution in [3.8, 4) is 11.5 Å². The van der Waals surface area contributed by atoms with Crippen LogP contribution in [0.25, 0.3) is 11.5 Å². The van der Waals surface area contributed by atoms with Gasteiger partial charge < -0.3 is 13.7 Å². The largest absolute Gasteiger partial charge is 0.440 e. The molecule has 0 aromatic carbocycles. The fourth-order valence-electron chi connectivity index (χ4n) is 2.14. The monoisotopic (exact) mass is 312 g/mol. The van der Waals surface area contributed by atoms with E-state index in [1.165, 1.54) is 10.4 Å². The van der Waals surface area contributed by atoms with Crippen molar-refractivity contribution in [2.75, 3.05) is 26.3 Å². The molecule has 7 nitrogen and oxygen atoms in total. The lowest BCUT2D eigenvalue weighted by molar-refractivity contribution is 0.0724. The van der Waals surface area contributed by atoms with Gasteiger partial charge in [0.15, 0.2) is 5.76 Å². The fourth-order valence-corrected chi connectivity index (χ4v) is 3.46. The Morgan fingerprint density at radius 2 is 1.90 bits per heavy atom. The van der Waals surface area contributed by atoms with Gasteiger partial charge in [-0.3, -0.25) is 0 Å². The molecule has 0 N–H and O–H groups in total. The maximum Gasteiger partial charge on any atom is 0.276 e. The van der Waals surface area contributed by atoms with Crippen molar-refractivity contribution in [2.24, 2.45) is 0 Å². The van der Waals surface area contributed by atoms with Crippen LogP contribution in [0.2, 0.25) is 0 Å². The van der Waals surface area contributed by atoms with Gasteiger partial charge in [0.2, 0.25) is 10.9 Å². The molecule has 3 rings (SSSR count). The average Bonchev–Trinajstić information content (AvgIpc) is 3.09. The van der Waals surface area contributed by atoms with Gasteiger partial charge in [-0.25, -0.2) is 8.42 Å². The van der Waals surface area contributed by atoms with Gasteiger partial charge in [0, 0.05) is 18.7 Å². The van der Waals surface area contributed by atoms with Crippen LogP contribution >= 0.6 is 0 Å². The zero-order chi connectivity index (χ0) is 15.0. The first-order valence-electron chi connectivity index (χ1n) is 6.61. The van der Waals surface area contributed by atoms with Gasteiger partial charge in [0.05, 0.1) is 18.9 Å². The molecule has 21 heavy (non-hydrogen) atoms. The van der Waals surface area contributed by atoms with E-state index in [0.29, 0.717) is 37.8 Å². The molecule has 0 atom stereocenters. The highest BCUT2D eigenvalue weighted by Gasteiger charge is 2.30. The molecule has 114 valence electrons. The van der Waals surface area contributed by atoms with Crippen LogP contribution in [-0.4, -0.2) is 44.2 Å². The molecular formula is C13H16N2O5S. The number of morpholine rings is 1. The van der Waals surface area contributed by atoms with Crippen molar-refractivity contribution in [3.05, 3.63) is 23.4 Å². The predicted octanol–water partition coefficient (Wildman–Crippen LogP) is 1.57. The SMILES string of the molecule is Cc1noc(-c2ccc(S(=O)(=O)N3CCOCC3)o2)c1C. The molecule has 1 saturated heterocycles. The lowest BCUT2D eigenvalue weighted by atomic mass is 10.2. The second-order valence-electron chi connectivity index (χ2n) is 4.86. The highest BCUT2D eigenvalue weighted by Crippen LogP contribution is 2.29. The number of aryl methyl sites for hydroxylation is 1. The maximum atomic E-state index is 12.5. The number of furan rings is 1. The molecule has 0 aliphatic carbocycles. The van der Waals surface area contributed by atoms with Crippen molar-refractivity contribution in [3.63, 3.8) is 0 Å². The first-order valence-corrected chi connectivity index (χ1v) is 8.05. The van der Waals surface area contributed by atoms with Crippen LogP contribution in [0.1, 0.15) is 11.3 Å². The molecule has 0 unspecified atom stereocenters. The molecule has 3 heterocycles. The van der Waals surface area contributed by atoms with Crippen molar-refractivity contribution < 1.29 is 22.1 Å². The normalized spacial score (nSPS) is 17.2. The molecule has 8 heteroatoms. The molecule has 2 aromatic heterocycles. The smallest absolute Gasteiger partial charge is 0.276 e. The summed E-state index contributed by atoms with van der Waals surface area (Å²) in [7, 11) is -3.63. The molecule has 2 aromatic rings. The number of aromatic nitrogens is 1. The zero-order valence-corrected chi connectivity index (χ0v) is 12.6. The number of nitrogens with zero attached hydrogens (tertiary/aromatic N) is 2. The first kappa shape index (κ1) is 14.3. The van der Waals surface area contributed by atoms with Gasteiger partial charge in [0.1, 0.15) is 0 Å². The van der Waals surface area contributed by atoms with E-state index in [9.17, 15) is 8.42 Å². The van der Waals surface area contributed by atoms with Crippen LogP contribution in [0.5, 0.6) is 0 Å². The van der Waals surface area contributed by atoms with Gasteiger partial charge in [-0.1, -0.05) is 5.16 Å². The predicted molar refractivity (Wildman–Crippen MR) is 73.3 cm³/mol. The van der Waals surface area contributed by atoms with Gasteiger partial charge in [-0.05, 0) is 26.0 Å². The Bertz CT molecular complexity index is 740. The minimum absolute atomic E-state index is 0.0900. The van der Waals surface area contributed by atoms with E-state index in [0.717, 1.165) is 11.3 Å². The van der Waals surface area contributed by atoms with E-state index in [1.54, 1.807) is 6.07 Å². The first-order chi connectivity index (χ1) is 10.00. The zero-order valence-electron chi connectivity index (χ0n) is 11.8. The second-order valence-corrected chi connectivity index (χ2v) is 6.73. The van der Waals surface area contributed by atoms with Crippen LogP contribution in [-0.2, 0) is 14.8 Å². The molecular weight excluding hydrogens is 296 g/mol. The molecule has 1 aliphatic rings. The van der Waals surface area contributed by atoms with Gasteiger partial charge in [-0.2, -0.15) is 4.31 Å². The molecule has 1 aliphatic heterocycles. The molecule has 1 fully saturated rings. The van der Waals surface area contributed by atoms with E-state index >= 15 is 0 Å². The number of sulfonamides is 1. The van der Waals surface area contributed by atoms with Crippen LogP contribution in [0.3, 0.4) is 0 Å². The van der Waals surface area contributed by atoms with Crippen LogP contribution < -0.4 is 0 Å². The van der Waals surface area contributed by atoms with E-state index in [4.69, 9.17) is 13.7 Å². The van der Waals surface area contributed by atoms with Crippen LogP contribution in [0.4, 0.5) is 0 Å². The summed E-state index contributed by atoms with van der Waals surface area (Å²) >= 11 is 0. The van der Waals surface area contributed by atoms with E-state index in [-0.39, 0.29) is 5.09 Å². The Labute approximate surface area is 122 Å². The fraction of sp³-hybridized carbons (Fsp3) is 0.462. The minimum Gasteiger partial charge on any atom is -0.440 e.